The number of hydrogen-bond acceptors (Lipinski definition) is 3. The van der Waals surface area contributed by atoms with E-state index in [1.807, 2.05) is 25.2 Å². The number of carbonyl (C=O) groups excluding carboxylic acids is 1. The first-order valence-corrected chi connectivity index (χ1v) is 7.19. The molecule has 1 aromatic heterocycles. The quantitative estimate of drug-likeness (QED) is 0.935. The third kappa shape index (κ3) is 3.24. The third-order valence-corrected chi connectivity index (χ3v) is 3.75. The summed E-state index contributed by atoms with van der Waals surface area (Å²) in [6.45, 7) is 1.34. The van der Waals surface area contributed by atoms with Gasteiger partial charge in [0.25, 0.3) is 5.91 Å². The molecule has 0 radical (unpaired) electrons. The smallest absolute Gasteiger partial charge is 0.271 e. The van der Waals surface area contributed by atoms with Crippen LogP contribution in [0.15, 0.2) is 36.8 Å². The topological polar surface area (TPSA) is 56.2 Å². The van der Waals surface area contributed by atoms with Crippen LogP contribution in [0.5, 0.6) is 5.75 Å². The van der Waals surface area contributed by atoms with Crippen molar-refractivity contribution >= 4 is 5.91 Å². The minimum Gasteiger partial charge on any atom is -0.493 e. The standard InChI is InChI=1S/C16H19N3O2/c1-19-10-14(18-11-19)16(20)17-9-12-6-7-21-15-5-3-2-4-13(15)8-12/h2-5,10-12H,6-9H2,1H3,(H,17,20)/t12-/m0/s1. The van der Waals surface area contributed by atoms with E-state index in [2.05, 4.69) is 16.4 Å². The summed E-state index contributed by atoms with van der Waals surface area (Å²) in [7, 11) is 1.85. The molecule has 1 atom stereocenters. The van der Waals surface area contributed by atoms with Gasteiger partial charge in [0.15, 0.2) is 0 Å². The fourth-order valence-electron chi connectivity index (χ4n) is 2.59. The Kier molecular flexibility index (Phi) is 3.90. The first-order valence-electron chi connectivity index (χ1n) is 7.19. The summed E-state index contributed by atoms with van der Waals surface area (Å²) in [6.07, 6.45) is 5.22. The van der Waals surface area contributed by atoms with Gasteiger partial charge in [-0.05, 0) is 30.4 Å². The molecular formula is C16H19N3O2. The second-order valence-electron chi connectivity index (χ2n) is 5.45. The minimum atomic E-state index is -0.117. The number of aryl methyl sites for hydroxylation is 1. The van der Waals surface area contributed by atoms with Crippen LogP contribution in [0.4, 0.5) is 0 Å². The molecule has 0 saturated heterocycles. The highest BCUT2D eigenvalue weighted by atomic mass is 16.5. The molecule has 1 aliphatic rings. The Morgan fingerprint density at radius 2 is 2.33 bits per heavy atom. The molecule has 21 heavy (non-hydrogen) atoms. The van der Waals surface area contributed by atoms with E-state index in [1.54, 1.807) is 17.1 Å². The number of amides is 1. The molecular weight excluding hydrogens is 266 g/mol. The molecule has 0 spiro atoms. The van der Waals surface area contributed by atoms with Crippen molar-refractivity contribution in [3.8, 4) is 5.75 Å². The molecule has 2 heterocycles. The lowest BCUT2D eigenvalue weighted by atomic mass is 9.97. The second-order valence-corrected chi connectivity index (χ2v) is 5.45. The number of ether oxygens (including phenoxy) is 1. The Labute approximate surface area is 124 Å². The molecule has 0 bridgehead atoms. The van der Waals surface area contributed by atoms with Crippen LogP contribution < -0.4 is 10.1 Å². The van der Waals surface area contributed by atoms with Gasteiger partial charge in [-0.25, -0.2) is 4.98 Å². The summed E-state index contributed by atoms with van der Waals surface area (Å²) in [5.41, 5.74) is 1.68. The van der Waals surface area contributed by atoms with Gasteiger partial charge in [0.1, 0.15) is 11.4 Å². The van der Waals surface area contributed by atoms with E-state index in [1.165, 1.54) is 5.56 Å². The number of fused-ring (bicyclic) bond motifs is 1. The fraction of sp³-hybridized carbons (Fsp3) is 0.375. The van der Waals surface area contributed by atoms with Crippen LogP contribution in [0, 0.1) is 5.92 Å². The number of nitrogens with one attached hydrogen (secondary N) is 1. The lowest BCUT2D eigenvalue weighted by molar-refractivity contribution is 0.0941. The average molecular weight is 285 g/mol. The van der Waals surface area contributed by atoms with Gasteiger partial charge < -0.3 is 14.6 Å². The SMILES string of the molecule is Cn1cnc(C(=O)NC[C@H]2CCOc3ccccc3C2)c1. The number of imidazole rings is 1. The van der Waals surface area contributed by atoms with Crippen LogP contribution in [0.1, 0.15) is 22.5 Å². The minimum absolute atomic E-state index is 0.117. The van der Waals surface area contributed by atoms with E-state index in [0.717, 1.165) is 18.6 Å². The van der Waals surface area contributed by atoms with Crippen molar-refractivity contribution in [1.82, 2.24) is 14.9 Å². The predicted octanol–water partition coefficient (Wildman–Crippen LogP) is 1.79. The molecule has 1 amide bonds. The normalized spacial score (nSPS) is 17.5. The Morgan fingerprint density at radius 1 is 1.48 bits per heavy atom. The fourth-order valence-corrected chi connectivity index (χ4v) is 2.59. The van der Waals surface area contributed by atoms with Crippen LogP contribution in [-0.4, -0.2) is 28.6 Å². The summed E-state index contributed by atoms with van der Waals surface area (Å²) in [4.78, 5) is 16.1. The third-order valence-electron chi connectivity index (χ3n) is 3.75. The highest BCUT2D eigenvalue weighted by Gasteiger charge is 2.18. The monoisotopic (exact) mass is 285 g/mol. The summed E-state index contributed by atoms with van der Waals surface area (Å²) >= 11 is 0. The summed E-state index contributed by atoms with van der Waals surface area (Å²) in [5, 5.41) is 2.97. The molecule has 5 nitrogen and oxygen atoms in total. The molecule has 0 fully saturated rings. The van der Waals surface area contributed by atoms with Gasteiger partial charge in [-0.2, -0.15) is 0 Å². The lowest BCUT2D eigenvalue weighted by Crippen LogP contribution is -2.30. The Bertz CT molecular complexity index is 636. The molecule has 0 saturated carbocycles. The van der Waals surface area contributed by atoms with E-state index >= 15 is 0 Å². The second kappa shape index (κ2) is 5.99. The van der Waals surface area contributed by atoms with Crippen LogP contribution in [0.2, 0.25) is 0 Å². The number of para-hydroxylation sites is 1. The van der Waals surface area contributed by atoms with Gasteiger partial charge in [-0.15, -0.1) is 0 Å². The predicted molar refractivity (Wildman–Crippen MR) is 79.3 cm³/mol. The number of benzene rings is 1. The molecule has 0 aliphatic carbocycles. The molecule has 5 heteroatoms. The van der Waals surface area contributed by atoms with Gasteiger partial charge in [0.2, 0.25) is 0 Å². The maximum atomic E-state index is 12.0. The van der Waals surface area contributed by atoms with Crippen molar-refractivity contribution < 1.29 is 9.53 Å². The van der Waals surface area contributed by atoms with Crippen molar-refractivity contribution in [2.75, 3.05) is 13.2 Å². The molecule has 2 aromatic rings. The zero-order chi connectivity index (χ0) is 14.7. The van der Waals surface area contributed by atoms with Crippen molar-refractivity contribution in [3.63, 3.8) is 0 Å². The zero-order valence-corrected chi connectivity index (χ0v) is 12.1. The van der Waals surface area contributed by atoms with Gasteiger partial charge in [-0.3, -0.25) is 4.79 Å². The van der Waals surface area contributed by atoms with Crippen molar-refractivity contribution in [3.05, 3.63) is 48.0 Å². The summed E-state index contributed by atoms with van der Waals surface area (Å²) < 4.78 is 7.51. The van der Waals surface area contributed by atoms with Crippen molar-refractivity contribution in [2.24, 2.45) is 13.0 Å². The maximum absolute atomic E-state index is 12.0. The number of rotatable bonds is 3. The summed E-state index contributed by atoms with van der Waals surface area (Å²) in [5.74, 6) is 1.24. The maximum Gasteiger partial charge on any atom is 0.271 e. The zero-order valence-electron chi connectivity index (χ0n) is 12.1. The number of nitrogens with zero attached hydrogens (tertiary/aromatic N) is 2. The molecule has 0 unspecified atom stereocenters. The Balaban J connectivity index is 1.60. The van der Waals surface area contributed by atoms with Gasteiger partial charge in [-0.1, -0.05) is 18.2 Å². The molecule has 1 aromatic carbocycles. The van der Waals surface area contributed by atoms with E-state index < -0.39 is 0 Å². The van der Waals surface area contributed by atoms with Gasteiger partial charge >= 0.3 is 0 Å². The highest BCUT2D eigenvalue weighted by Crippen LogP contribution is 2.26. The highest BCUT2D eigenvalue weighted by molar-refractivity contribution is 5.91. The number of carbonyl (C=O) groups is 1. The van der Waals surface area contributed by atoms with Crippen molar-refractivity contribution in [2.45, 2.75) is 12.8 Å². The van der Waals surface area contributed by atoms with E-state index in [9.17, 15) is 4.79 Å². The first-order chi connectivity index (χ1) is 10.2. The molecule has 110 valence electrons. The largest absolute Gasteiger partial charge is 0.493 e. The molecule has 1 aliphatic heterocycles. The van der Waals surface area contributed by atoms with E-state index in [-0.39, 0.29) is 5.91 Å². The summed E-state index contributed by atoms with van der Waals surface area (Å²) in [6, 6.07) is 8.11. The Hall–Kier alpha value is -2.30. The van der Waals surface area contributed by atoms with Gasteiger partial charge in [0, 0.05) is 19.8 Å². The molecule has 3 rings (SSSR count). The van der Waals surface area contributed by atoms with Crippen LogP contribution in [-0.2, 0) is 13.5 Å². The number of aromatic nitrogens is 2. The van der Waals surface area contributed by atoms with E-state index in [4.69, 9.17) is 4.74 Å². The number of hydrogen-bond donors (Lipinski definition) is 1. The first kappa shape index (κ1) is 13.7. The average Bonchev–Trinajstić information content (AvgIpc) is 2.82. The Morgan fingerprint density at radius 3 is 3.14 bits per heavy atom. The van der Waals surface area contributed by atoms with Gasteiger partial charge in [0.05, 0.1) is 12.9 Å². The van der Waals surface area contributed by atoms with Crippen LogP contribution in [0.3, 0.4) is 0 Å². The van der Waals surface area contributed by atoms with Crippen LogP contribution in [0.25, 0.3) is 0 Å². The lowest BCUT2D eigenvalue weighted by Gasteiger charge is -2.14. The molecule has 1 N–H and O–H groups in total. The van der Waals surface area contributed by atoms with Crippen molar-refractivity contribution in [1.29, 1.82) is 0 Å². The van der Waals surface area contributed by atoms with Crippen LogP contribution >= 0.6 is 0 Å². The van der Waals surface area contributed by atoms with E-state index in [0.29, 0.717) is 24.8 Å².